The molecule has 1 heterocycles. The van der Waals surface area contributed by atoms with Crippen LogP contribution in [-0.4, -0.2) is 21.9 Å². The fourth-order valence-electron chi connectivity index (χ4n) is 3.18. The van der Waals surface area contributed by atoms with Gasteiger partial charge in [-0.25, -0.2) is 4.79 Å². The number of para-hydroxylation sites is 1. The quantitative estimate of drug-likeness (QED) is 0.330. The van der Waals surface area contributed by atoms with Gasteiger partial charge in [0.05, 0.1) is 17.5 Å². The van der Waals surface area contributed by atoms with Crippen LogP contribution >= 0.6 is 11.6 Å². The maximum atomic E-state index is 10.9. The highest BCUT2D eigenvalue weighted by Crippen LogP contribution is 2.23. The third kappa shape index (κ3) is 4.15. The minimum Gasteiger partial charge on any atom is -0.478 e. The smallest absolute Gasteiger partial charge is 0.335 e. The fraction of sp³-hybridized carbons (Fsp3) is 0.0435. The largest absolute Gasteiger partial charge is 0.478 e. The van der Waals surface area contributed by atoms with Crippen LogP contribution in [0.4, 0.5) is 5.69 Å². The van der Waals surface area contributed by atoms with Gasteiger partial charge in [0.15, 0.2) is 0 Å². The number of carbonyl (C=O) groups is 1. The van der Waals surface area contributed by atoms with Crippen LogP contribution in [0.25, 0.3) is 10.9 Å². The lowest BCUT2D eigenvalue weighted by atomic mass is 10.2. The van der Waals surface area contributed by atoms with Crippen molar-refractivity contribution in [2.45, 2.75) is 6.54 Å². The van der Waals surface area contributed by atoms with Gasteiger partial charge in [-0.05, 0) is 42.0 Å². The molecule has 0 saturated heterocycles. The molecule has 1 aromatic heterocycles. The molecule has 3 aromatic carbocycles. The van der Waals surface area contributed by atoms with Crippen LogP contribution in [0.1, 0.15) is 21.5 Å². The lowest BCUT2D eigenvalue weighted by Crippen LogP contribution is -1.98. The van der Waals surface area contributed by atoms with E-state index >= 15 is 0 Å². The normalized spacial score (nSPS) is 11.2. The van der Waals surface area contributed by atoms with E-state index in [1.54, 1.807) is 18.3 Å². The van der Waals surface area contributed by atoms with E-state index < -0.39 is 5.97 Å². The summed E-state index contributed by atoms with van der Waals surface area (Å²) in [5, 5.41) is 15.1. The molecule has 5 nitrogen and oxygen atoms in total. The first kappa shape index (κ1) is 18.8. The summed E-state index contributed by atoms with van der Waals surface area (Å²) in [6.45, 7) is 0.665. The number of aromatic carboxylic acids is 1. The predicted molar refractivity (Wildman–Crippen MR) is 117 cm³/mol. The third-order valence-electron chi connectivity index (χ3n) is 4.65. The second-order valence-electron chi connectivity index (χ2n) is 6.57. The zero-order chi connectivity index (χ0) is 20.2. The first-order valence-corrected chi connectivity index (χ1v) is 9.43. The number of carboxylic acid groups (broad SMARTS) is 1. The van der Waals surface area contributed by atoms with E-state index in [0.29, 0.717) is 12.2 Å². The number of hydrogen-bond acceptors (Lipinski definition) is 3. The molecule has 0 fully saturated rings. The summed E-state index contributed by atoms with van der Waals surface area (Å²) in [5.41, 5.74) is 7.01. The van der Waals surface area contributed by atoms with Crippen LogP contribution in [0.5, 0.6) is 0 Å². The van der Waals surface area contributed by atoms with E-state index in [1.807, 2.05) is 42.6 Å². The molecule has 2 N–H and O–H groups in total. The van der Waals surface area contributed by atoms with Gasteiger partial charge in [-0.3, -0.25) is 5.43 Å². The van der Waals surface area contributed by atoms with Crippen LogP contribution in [0.2, 0.25) is 5.02 Å². The Morgan fingerprint density at radius 2 is 1.76 bits per heavy atom. The molecule has 4 aromatic rings. The van der Waals surface area contributed by atoms with Crippen LogP contribution in [-0.2, 0) is 6.54 Å². The second kappa shape index (κ2) is 8.20. The second-order valence-corrected chi connectivity index (χ2v) is 6.98. The van der Waals surface area contributed by atoms with E-state index in [2.05, 4.69) is 27.2 Å². The molecule has 0 unspecified atom stereocenters. The highest BCUT2D eigenvalue weighted by Gasteiger charge is 2.08. The lowest BCUT2D eigenvalue weighted by Gasteiger charge is -2.07. The highest BCUT2D eigenvalue weighted by molar-refractivity contribution is 6.31. The van der Waals surface area contributed by atoms with Gasteiger partial charge in [-0.2, -0.15) is 5.10 Å². The molecule has 0 atom stereocenters. The van der Waals surface area contributed by atoms with Crippen molar-refractivity contribution in [1.82, 2.24) is 4.57 Å². The molecule has 4 rings (SSSR count). The Balaban J connectivity index is 1.58. The van der Waals surface area contributed by atoms with Crippen LogP contribution in [0.3, 0.4) is 0 Å². The number of benzene rings is 3. The first-order valence-electron chi connectivity index (χ1n) is 9.05. The number of fused-ring (bicyclic) bond motifs is 1. The van der Waals surface area contributed by atoms with E-state index in [1.165, 1.54) is 12.1 Å². The minimum absolute atomic E-state index is 0.238. The maximum absolute atomic E-state index is 10.9. The van der Waals surface area contributed by atoms with E-state index in [-0.39, 0.29) is 5.56 Å². The van der Waals surface area contributed by atoms with Gasteiger partial charge in [0.1, 0.15) is 0 Å². The van der Waals surface area contributed by atoms with Gasteiger partial charge < -0.3 is 9.67 Å². The number of halogens is 1. The monoisotopic (exact) mass is 403 g/mol. The average Bonchev–Trinajstić information content (AvgIpc) is 3.08. The zero-order valence-electron chi connectivity index (χ0n) is 15.4. The van der Waals surface area contributed by atoms with Crippen molar-refractivity contribution in [3.05, 3.63) is 101 Å². The molecule has 144 valence electrons. The van der Waals surface area contributed by atoms with E-state index in [4.69, 9.17) is 16.7 Å². The number of anilines is 1. The lowest BCUT2D eigenvalue weighted by molar-refractivity contribution is 0.0697. The minimum atomic E-state index is -0.952. The van der Waals surface area contributed by atoms with Gasteiger partial charge in [-0.1, -0.05) is 48.0 Å². The predicted octanol–water partition coefficient (Wildman–Crippen LogP) is 5.49. The van der Waals surface area contributed by atoms with Crippen molar-refractivity contribution in [2.75, 3.05) is 5.43 Å². The number of nitrogens with one attached hydrogen (secondary N) is 1. The van der Waals surface area contributed by atoms with Crippen molar-refractivity contribution in [1.29, 1.82) is 0 Å². The molecule has 0 saturated carbocycles. The summed E-state index contributed by atoms with van der Waals surface area (Å²) in [7, 11) is 0. The van der Waals surface area contributed by atoms with E-state index in [0.717, 1.165) is 27.1 Å². The average molecular weight is 404 g/mol. The molecule has 0 bridgehead atoms. The van der Waals surface area contributed by atoms with Crippen molar-refractivity contribution < 1.29 is 9.90 Å². The van der Waals surface area contributed by atoms with Gasteiger partial charge in [0.25, 0.3) is 0 Å². The molecule has 0 radical (unpaired) electrons. The molecule has 6 heteroatoms. The Hall–Kier alpha value is -3.57. The van der Waals surface area contributed by atoms with Crippen molar-refractivity contribution >= 4 is 40.4 Å². The summed E-state index contributed by atoms with van der Waals surface area (Å²) in [6.07, 6.45) is 3.81. The Morgan fingerprint density at radius 3 is 2.52 bits per heavy atom. The van der Waals surface area contributed by atoms with E-state index in [9.17, 15) is 4.79 Å². The number of aromatic nitrogens is 1. The summed E-state index contributed by atoms with van der Waals surface area (Å²) in [4.78, 5) is 10.9. The molecule has 0 aliphatic rings. The van der Waals surface area contributed by atoms with Gasteiger partial charge in [0, 0.05) is 34.2 Å². The Kier molecular flexibility index (Phi) is 5.31. The van der Waals surface area contributed by atoms with Crippen LogP contribution < -0.4 is 5.43 Å². The topological polar surface area (TPSA) is 66.6 Å². The summed E-state index contributed by atoms with van der Waals surface area (Å²) in [6, 6.07) is 22.4. The molecule has 0 aliphatic heterocycles. The highest BCUT2D eigenvalue weighted by atomic mass is 35.5. The molecule has 0 amide bonds. The first-order chi connectivity index (χ1) is 14.1. The Bertz CT molecular complexity index is 1200. The number of nitrogens with zero attached hydrogens (tertiary/aromatic N) is 2. The molecular weight excluding hydrogens is 386 g/mol. The maximum Gasteiger partial charge on any atom is 0.335 e. The third-order valence-corrected chi connectivity index (χ3v) is 5.02. The fourth-order valence-corrected chi connectivity index (χ4v) is 3.38. The molecule has 0 aliphatic carbocycles. The number of rotatable bonds is 6. The van der Waals surface area contributed by atoms with Crippen molar-refractivity contribution in [3.8, 4) is 0 Å². The summed E-state index contributed by atoms with van der Waals surface area (Å²) in [5.74, 6) is -0.952. The van der Waals surface area contributed by atoms with Gasteiger partial charge in [0.2, 0.25) is 0 Å². The summed E-state index contributed by atoms with van der Waals surface area (Å²) < 4.78 is 2.15. The molecule has 0 spiro atoms. The molecule has 29 heavy (non-hydrogen) atoms. The number of hydrazone groups is 1. The van der Waals surface area contributed by atoms with Gasteiger partial charge >= 0.3 is 5.97 Å². The van der Waals surface area contributed by atoms with Gasteiger partial charge in [-0.15, -0.1) is 0 Å². The van der Waals surface area contributed by atoms with Crippen molar-refractivity contribution in [3.63, 3.8) is 0 Å². The van der Waals surface area contributed by atoms with Crippen LogP contribution in [0.15, 0.2) is 84.1 Å². The zero-order valence-corrected chi connectivity index (χ0v) is 16.2. The Morgan fingerprint density at radius 1 is 1.03 bits per heavy atom. The summed E-state index contributed by atoms with van der Waals surface area (Å²) >= 11 is 6.33. The number of hydrogen-bond donors (Lipinski definition) is 2. The SMILES string of the molecule is O=C(O)c1ccc(NN=Cc2cn(Cc3ccccc3Cl)c3ccccc23)cc1. The van der Waals surface area contributed by atoms with Crippen molar-refractivity contribution in [2.24, 2.45) is 5.10 Å². The standard InChI is InChI=1S/C23H18ClN3O2/c24-21-7-3-1-5-17(21)14-27-15-18(20-6-2-4-8-22(20)27)13-25-26-19-11-9-16(10-12-19)23(28)29/h1-13,15,26H,14H2,(H,28,29). The molecular formula is C23H18ClN3O2. The van der Waals surface area contributed by atoms with Crippen LogP contribution in [0, 0.1) is 0 Å². The number of carboxylic acids is 1. The Labute approximate surface area is 172 Å².